The molecule has 1 atom stereocenters. The maximum atomic E-state index is 5.78. The van der Waals surface area contributed by atoms with Gasteiger partial charge in [-0.2, -0.15) is 5.10 Å². The van der Waals surface area contributed by atoms with Crippen LogP contribution in [0.4, 0.5) is 0 Å². The summed E-state index contributed by atoms with van der Waals surface area (Å²) < 4.78 is 7.80. The molecule has 2 aromatic rings. The van der Waals surface area contributed by atoms with E-state index in [2.05, 4.69) is 35.8 Å². The second-order valence-electron chi connectivity index (χ2n) is 7.09. The van der Waals surface area contributed by atoms with Crippen LogP contribution < -0.4 is 4.74 Å². The summed E-state index contributed by atoms with van der Waals surface area (Å²) in [7, 11) is 2.20. The number of nitrogens with zero attached hydrogens (tertiary/aromatic N) is 5. The van der Waals surface area contributed by atoms with Crippen LogP contribution >= 0.6 is 0 Å². The zero-order valence-corrected chi connectivity index (χ0v) is 16.3. The number of likely N-dealkylation sites (N-methyl/N-ethyl adjacent to an activating group) is 1. The molecule has 0 bridgehead atoms. The molecule has 1 aromatic carbocycles. The van der Waals surface area contributed by atoms with E-state index in [-0.39, 0.29) is 0 Å². The fourth-order valence-electron chi connectivity index (χ4n) is 3.37. The van der Waals surface area contributed by atoms with Gasteiger partial charge in [0.2, 0.25) is 0 Å². The minimum absolute atomic E-state index is 0.415. The van der Waals surface area contributed by atoms with Gasteiger partial charge in [-0.3, -0.25) is 4.90 Å². The van der Waals surface area contributed by atoms with Crippen molar-refractivity contribution in [2.75, 3.05) is 33.2 Å². The van der Waals surface area contributed by atoms with Crippen molar-refractivity contribution in [3.05, 3.63) is 42.0 Å². The molecule has 1 saturated heterocycles. The Morgan fingerprint density at radius 2 is 1.85 bits per heavy atom. The fraction of sp³-hybridized carbons (Fsp3) is 0.600. The highest BCUT2D eigenvalue weighted by atomic mass is 16.5. The zero-order chi connectivity index (χ0) is 18.4. The highest BCUT2D eigenvalue weighted by Crippen LogP contribution is 2.13. The molecule has 6 heteroatoms. The second-order valence-corrected chi connectivity index (χ2v) is 7.09. The number of para-hydroxylation sites is 1. The van der Waals surface area contributed by atoms with Crippen LogP contribution in [0.15, 0.2) is 30.3 Å². The Morgan fingerprint density at radius 3 is 2.54 bits per heavy atom. The molecule has 6 nitrogen and oxygen atoms in total. The van der Waals surface area contributed by atoms with Crippen LogP contribution in [0.2, 0.25) is 0 Å². The first-order valence-corrected chi connectivity index (χ1v) is 9.68. The van der Waals surface area contributed by atoms with E-state index in [9.17, 15) is 0 Å². The summed E-state index contributed by atoms with van der Waals surface area (Å²) in [5.41, 5.74) is 0. The van der Waals surface area contributed by atoms with Crippen molar-refractivity contribution in [2.24, 2.45) is 0 Å². The lowest BCUT2D eigenvalue weighted by atomic mass is 10.1. The van der Waals surface area contributed by atoms with Crippen LogP contribution in [0, 0.1) is 0 Å². The molecule has 1 aliphatic rings. The number of aromatic nitrogens is 3. The maximum absolute atomic E-state index is 5.78. The number of benzene rings is 1. The molecule has 3 rings (SSSR count). The van der Waals surface area contributed by atoms with Crippen molar-refractivity contribution in [3.8, 4) is 5.75 Å². The van der Waals surface area contributed by atoms with Crippen molar-refractivity contribution in [3.63, 3.8) is 0 Å². The Bertz CT molecular complexity index is 664. The van der Waals surface area contributed by atoms with E-state index in [0.29, 0.717) is 12.6 Å². The summed E-state index contributed by atoms with van der Waals surface area (Å²) in [6.45, 7) is 10.4. The van der Waals surface area contributed by atoms with Crippen molar-refractivity contribution in [2.45, 2.75) is 45.9 Å². The van der Waals surface area contributed by atoms with Crippen molar-refractivity contribution < 1.29 is 4.74 Å². The summed E-state index contributed by atoms with van der Waals surface area (Å²) in [5.74, 6) is 2.68. The third kappa shape index (κ3) is 5.05. The van der Waals surface area contributed by atoms with Gasteiger partial charge in [-0.25, -0.2) is 9.67 Å². The lowest BCUT2D eigenvalue weighted by Crippen LogP contribution is -2.48. The van der Waals surface area contributed by atoms with Gasteiger partial charge in [-0.1, -0.05) is 18.2 Å². The fourth-order valence-corrected chi connectivity index (χ4v) is 3.37. The van der Waals surface area contributed by atoms with Gasteiger partial charge in [0.15, 0.2) is 5.82 Å². The molecular formula is C20H31N5O. The lowest BCUT2D eigenvalue weighted by molar-refractivity contribution is 0.114. The van der Waals surface area contributed by atoms with Crippen LogP contribution in [0.25, 0.3) is 0 Å². The zero-order valence-electron chi connectivity index (χ0n) is 16.3. The predicted octanol–water partition coefficient (Wildman–Crippen LogP) is 2.45. The quantitative estimate of drug-likeness (QED) is 0.726. The summed E-state index contributed by atoms with van der Waals surface area (Å²) in [6.07, 6.45) is 2.07. The molecule has 1 aliphatic heterocycles. The van der Waals surface area contributed by atoms with Crippen molar-refractivity contribution in [1.82, 2.24) is 24.6 Å². The first-order chi connectivity index (χ1) is 12.7. The number of ether oxygens (including phenoxy) is 1. The maximum Gasteiger partial charge on any atom is 0.188 e. The van der Waals surface area contributed by atoms with Crippen LogP contribution in [0.3, 0.4) is 0 Å². The third-order valence-electron chi connectivity index (χ3n) is 5.15. The normalized spacial score (nSPS) is 17.3. The number of rotatable bonds is 8. The lowest BCUT2D eigenvalue weighted by Gasteiger charge is -2.36. The van der Waals surface area contributed by atoms with E-state index in [1.54, 1.807) is 0 Å². The van der Waals surface area contributed by atoms with E-state index >= 15 is 0 Å². The van der Waals surface area contributed by atoms with Gasteiger partial charge in [0.25, 0.3) is 0 Å². The summed E-state index contributed by atoms with van der Waals surface area (Å²) in [5, 5.41) is 4.60. The Balaban J connectivity index is 1.53. The number of aryl methyl sites for hydroxylation is 2. The molecule has 0 N–H and O–H groups in total. The Labute approximate surface area is 156 Å². The molecule has 26 heavy (non-hydrogen) atoms. The summed E-state index contributed by atoms with van der Waals surface area (Å²) >= 11 is 0. The molecule has 1 unspecified atom stereocenters. The monoisotopic (exact) mass is 357 g/mol. The molecule has 1 fully saturated rings. The Hall–Kier alpha value is -1.92. The standard InChI is InChI=1S/C20H31N5O/c1-4-25-20(11-10-17(2)24-14-12-23(3)13-15-24)21-19(22-25)16-26-18-8-6-5-7-9-18/h5-9,17H,4,10-16H2,1-3H3. The number of hydrogen-bond acceptors (Lipinski definition) is 5. The minimum atomic E-state index is 0.415. The molecule has 0 radical (unpaired) electrons. The molecule has 0 saturated carbocycles. The van der Waals surface area contributed by atoms with Crippen LogP contribution in [0.5, 0.6) is 5.75 Å². The van der Waals surface area contributed by atoms with Gasteiger partial charge < -0.3 is 9.64 Å². The van der Waals surface area contributed by atoms with E-state index in [1.807, 2.05) is 35.0 Å². The second kappa shape index (κ2) is 9.14. The topological polar surface area (TPSA) is 46.4 Å². The van der Waals surface area contributed by atoms with Gasteiger partial charge in [0.1, 0.15) is 18.2 Å². The molecular weight excluding hydrogens is 326 g/mol. The van der Waals surface area contributed by atoms with Crippen LogP contribution in [-0.2, 0) is 19.6 Å². The minimum Gasteiger partial charge on any atom is -0.486 e. The van der Waals surface area contributed by atoms with Gasteiger partial charge in [0, 0.05) is 45.2 Å². The summed E-state index contributed by atoms with van der Waals surface area (Å²) in [4.78, 5) is 9.71. The van der Waals surface area contributed by atoms with E-state index in [0.717, 1.165) is 63.0 Å². The average Bonchev–Trinajstić information content (AvgIpc) is 3.08. The van der Waals surface area contributed by atoms with E-state index < -0.39 is 0 Å². The molecule has 0 aliphatic carbocycles. The van der Waals surface area contributed by atoms with Gasteiger partial charge in [-0.15, -0.1) is 0 Å². The summed E-state index contributed by atoms with van der Waals surface area (Å²) in [6, 6.07) is 10.4. The molecule has 0 amide bonds. The predicted molar refractivity (Wildman–Crippen MR) is 103 cm³/mol. The molecule has 0 spiro atoms. The molecule has 1 aromatic heterocycles. The van der Waals surface area contributed by atoms with Gasteiger partial charge in [0.05, 0.1) is 0 Å². The van der Waals surface area contributed by atoms with Crippen molar-refractivity contribution in [1.29, 1.82) is 0 Å². The van der Waals surface area contributed by atoms with Crippen molar-refractivity contribution >= 4 is 0 Å². The van der Waals surface area contributed by atoms with Gasteiger partial charge in [-0.05, 0) is 39.4 Å². The smallest absolute Gasteiger partial charge is 0.188 e. The Kier molecular flexibility index (Phi) is 6.63. The average molecular weight is 358 g/mol. The number of hydrogen-bond donors (Lipinski definition) is 0. The highest BCUT2D eigenvalue weighted by Gasteiger charge is 2.20. The number of piperazine rings is 1. The van der Waals surface area contributed by atoms with E-state index in [1.165, 1.54) is 0 Å². The molecule has 2 heterocycles. The van der Waals surface area contributed by atoms with Crippen LogP contribution in [-0.4, -0.2) is 63.8 Å². The molecule has 142 valence electrons. The largest absolute Gasteiger partial charge is 0.486 e. The third-order valence-corrected chi connectivity index (χ3v) is 5.15. The van der Waals surface area contributed by atoms with E-state index in [4.69, 9.17) is 9.72 Å². The van der Waals surface area contributed by atoms with Gasteiger partial charge >= 0.3 is 0 Å². The highest BCUT2D eigenvalue weighted by molar-refractivity contribution is 5.21. The van der Waals surface area contributed by atoms with Crippen LogP contribution in [0.1, 0.15) is 31.9 Å². The Morgan fingerprint density at radius 1 is 1.12 bits per heavy atom. The SMILES string of the molecule is CCn1nc(COc2ccccc2)nc1CCC(C)N1CCN(C)CC1. The first kappa shape index (κ1) is 18.9. The first-order valence-electron chi connectivity index (χ1n) is 9.68.